The Kier molecular flexibility index (Phi) is 5.34. The Morgan fingerprint density at radius 1 is 0.864 bits per heavy atom. The first-order valence-electron chi connectivity index (χ1n) is 9.30. The lowest BCUT2D eigenvalue weighted by atomic mass is 9.57. The fraction of sp³-hybridized carbons (Fsp3) is 1.00. The van der Waals surface area contributed by atoms with Gasteiger partial charge in [-0.05, 0) is 60.2 Å². The van der Waals surface area contributed by atoms with Crippen LogP contribution in [0.5, 0.6) is 0 Å². The van der Waals surface area contributed by atoms with Gasteiger partial charge in [0.25, 0.3) is 0 Å². The molecule has 2 aliphatic rings. The first-order chi connectivity index (χ1) is 10.00. The molecule has 0 aromatic rings. The molecule has 2 nitrogen and oxygen atoms in total. The maximum absolute atomic E-state index is 11.0. The van der Waals surface area contributed by atoms with E-state index >= 15 is 0 Å². The second-order valence-corrected chi connectivity index (χ2v) is 10.2. The van der Waals surface area contributed by atoms with Crippen molar-refractivity contribution in [3.63, 3.8) is 0 Å². The van der Waals surface area contributed by atoms with Crippen molar-refractivity contribution >= 4 is 0 Å². The van der Waals surface area contributed by atoms with Gasteiger partial charge in [0.1, 0.15) is 0 Å². The first-order valence-corrected chi connectivity index (χ1v) is 9.30. The van der Waals surface area contributed by atoms with E-state index in [1.165, 1.54) is 12.8 Å². The summed E-state index contributed by atoms with van der Waals surface area (Å²) in [5, 5.41) is 11.0. The lowest BCUT2D eigenvalue weighted by molar-refractivity contribution is -0.125. The predicted molar refractivity (Wildman–Crippen MR) is 92.8 cm³/mol. The molecule has 0 aromatic carbocycles. The summed E-state index contributed by atoms with van der Waals surface area (Å²) >= 11 is 0. The van der Waals surface area contributed by atoms with Gasteiger partial charge in [0.2, 0.25) is 0 Å². The molecular weight excluding hydrogens is 272 g/mol. The highest BCUT2D eigenvalue weighted by Gasteiger charge is 2.48. The second-order valence-electron chi connectivity index (χ2n) is 10.2. The zero-order valence-electron chi connectivity index (χ0n) is 15.9. The Balaban J connectivity index is 2.17. The van der Waals surface area contributed by atoms with Crippen molar-refractivity contribution in [2.75, 3.05) is 6.61 Å². The van der Waals surface area contributed by atoms with Crippen LogP contribution in [0.25, 0.3) is 0 Å². The Bertz CT molecular complexity index is 331. The van der Waals surface area contributed by atoms with E-state index in [1.807, 2.05) is 0 Å². The third-order valence-electron chi connectivity index (χ3n) is 6.23. The van der Waals surface area contributed by atoms with Crippen molar-refractivity contribution in [3.8, 4) is 0 Å². The maximum Gasteiger partial charge on any atom is 0.0606 e. The van der Waals surface area contributed by atoms with Crippen LogP contribution in [-0.4, -0.2) is 23.9 Å². The van der Waals surface area contributed by atoms with Crippen LogP contribution < -0.4 is 0 Å². The molecule has 0 spiro atoms. The minimum Gasteiger partial charge on any atom is -0.393 e. The van der Waals surface area contributed by atoms with Crippen molar-refractivity contribution in [1.82, 2.24) is 0 Å². The summed E-state index contributed by atoms with van der Waals surface area (Å²) in [5.74, 6) is 2.07. The van der Waals surface area contributed by atoms with Crippen molar-refractivity contribution in [2.45, 2.75) is 86.4 Å². The van der Waals surface area contributed by atoms with Crippen LogP contribution in [0.3, 0.4) is 0 Å². The summed E-state index contributed by atoms with van der Waals surface area (Å²) in [7, 11) is 0. The van der Waals surface area contributed by atoms with Gasteiger partial charge >= 0.3 is 0 Å². The van der Waals surface area contributed by atoms with Gasteiger partial charge in [0.15, 0.2) is 0 Å². The quantitative estimate of drug-likeness (QED) is 0.746. The van der Waals surface area contributed by atoms with Crippen LogP contribution in [0, 0.1) is 34.5 Å². The Morgan fingerprint density at radius 2 is 1.36 bits per heavy atom. The highest BCUT2D eigenvalue weighted by Crippen LogP contribution is 2.50. The van der Waals surface area contributed by atoms with E-state index in [-0.39, 0.29) is 16.9 Å². The zero-order valence-corrected chi connectivity index (χ0v) is 15.9. The molecule has 2 rings (SSSR count). The summed E-state index contributed by atoms with van der Waals surface area (Å²) in [5.41, 5.74) is 0.313. The molecule has 130 valence electrons. The van der Waals surface area contributed by atoms with Crippen molar-refractivity contribution in [2.24, 2.45) is 34.5 Å². The summed E-state index contributed by atoms with van der Waals surface area (Å²) in [6.07, 6.45) is 4.98. The minimum absolute atomic E-state index is 0.156. The van der Waals surface area contributed by atoms with Crippen LogP contribution in [0.2, 0.25) is 0 Å². The molecule has 1 N–H and O–H groups in total. The summed E-state index contributed by atoms with van der Waals surface area (Å²) in [6.45, 7) is 16.9. The molecule has 1 aliphatic heterocycles. The van der Waals surface area contributed by atoms with Gasteiger partial charge < -0.3 is 9.84 Å². The molecule has 1 aliphatic carbocycles. The smallest absolute Gasteiger partial charge is 0.0606 e. The number of ether oxygens (including phenoxy) is 1. The lowest BCUT2D eigenvalue weighted by Gasteiger charge is -2.51. The number of hydrogen-bond acceptors (Lipinski definition) is 2. The van der Waals surface area contributed by atoms with Crippen LogP contribution in [0.4, 0.5) is 0 Å². The van der Waals surface area contributed by atoms with Gasteiger partial charge in [-0.2, -0.15) is 0 Å². The fourth-order valence-corrected chi connectivity index (χ4v) is 4.62. The normalized spacial score (nSPS) is 41.5. The number of aliphatic hydroxyl groups excluding tert-OH is 1. The van der Waals surface area contributed by atoms with E-state index in [9.17, 15) is 5.11 Å². The largest absolute Gasteiger partial charge is 0.393 e. The Hall–Kier alpha value is -0.0800. The average Bonchev–Trinajstić information content (AvgIpc) is 2.37. The van der Waals surface area contributed by atoms with E-state index < -0.39 is 0 Å². The first kappa shape index (κ1) is 18.3. The molecule has 2 heteroatoms. The predicted octanol–water partition coefficient (Wildman–Crippen LogP) is 4.90. The molecule has 0 amide bonds. The Morgan fingerprint density at radius 3 is 1.73 bits per heavy atom. The topological polar surface area (TPSA) is 29.5 Å². The van der Waals surface area contributed by atoms with Crippen LogP contribution in [0.1, 0.15) is 74.1 Å². The molecule has 1 heterocycles. The van der Waals surface area contributed by atoms with Gasteiger partial charge in [0.05, 0.1) is 12.2 Å². The molecule has 4 atom stereocenters. The van der Waals surface area contributed by atoms with Gasteiger partial charge in [-0.1, -0.05) is 48.5 Å². The van der Waals surface area contributed by atoms with Crippen LogP contribution in [-0.2, 0) is 4.74 Å². The van der Waals surface area contributed by atoms with E-state index in [2.05, 4.69) is 48.5 Å². The lowest BCUT2D eigenvalue weighted by Crippen LogP contribution is -2.50. The summed E-state index contributed by atoms with van der Waals surface area (Å²) in [4.78, 5) is 0. The highest BCUT2D eigenvalue weighted by molar-refractivity contribution is 4.97. The molecule has 2 fully saturated rings. The zero-order chi connectivity index (χ0) is 16.7. The molecule has 22 heavy (non-hydrogen) atoms. The molecule has 0 aromatic heterocycles. The standard InChI is InChI=1S/C20H38O2/c1-13-8-9-17(22-12-13)14-10-15(19(2,3)4)18(21)16(11-14)20(5,6)7/h13-18,21H,8-12H2,1-7H3. The third-order valence-corrected chi connectivity index (χ3v) is 6.23. The van der Waals surface area contributed by atoms with E-state index in [0.29, 0.717) is 29.8 Å². The molecule has 0 bridgehead atoms. The third kappa shape index (κ3) is 4.06. The minimum atomic E-state index is -0.182. The SMILES string of the molecule is CC1CCC(C2CC(C(C)(C)C)C(O)C(C(C)(C)C)C2)OC1. The number of rotatable bonds is 1. The molecule has 1 saturated carbocycles. The molecular formula is C20H38O2. The molecule has 4 unspecified atom stereocenters. The monoisotopic (exact) mass is 310 g/mol. The molecule has 0 radical (unpaired) electrons. The van der Waals surface area contributed by atoms with E-state index in [1.54, 1.807) is 0 Å². The fourth-order valence-electron chi connectivity index (χ4n) is 4.62. The molecule has 1 saturated heterocycles. The van der Waals surface area contributed by atoms with E-state index in [0.717, 1.165) is 19.4 Å². The number of hydrogen-bond donors (Lipinski definition) is 1. The van der Waals surface area contributed by atoms with Gasteiger partial charge in [-0.15, -0.1) is 0 Å². The highest BCUT2D eigenvalue weighted by atomic mass is 16.5. The number of aliphatic hydroxyl groups is 1. The van der Waals surface area contributed by atoms with Crippen molar-refractivity contribution in [3.05, 3.63) is 0 Å². The second kappa shape index (κ2) is 6.43. The van der Waals surface area contributed by atoms with Gasteiger partial charge in [-0.3, -0.25) is 0 Å². The maximum atomic E-state index is 11.0. The summed E-state index contributed by atoms with van der Waals surface area (Å²) in [6, 6.07) is 0. The van der Waals surface area contributed by atoms with Crippen LogP contribution in [0.15, 0.2) is 0 Å². The Labute approximate surface area is 138 Å². The van der Waals surface area contributed by atoms with E-state index in [4.69, 9.17) is 4.74 Å². The van der Waals surface area contributed by atoms with Crippen LogP contribution >= 0.6 is 0 Å². The van der Waals surface area contributed by atoms with Crippen molar-refractivity contribution < 1.29 is 9.84 Å². The van der Waals surface area contributed by atoms with Gasteiger partial charge in [0, 0.05) is 6.61 Å². The van der Waals surface area contributed by atoms with Crippen molar-refractivity contribution in [1.29, 1.82) is 0 Å². The summed E-state index contributed by atoms with van der Waals surface area (Å²) < 4.78 is 6.21. The van der Waals surface area contributed by atoms with Gasteiger partial charge in [-0.25, -0.2) is 0 Å². The average molecular weight is 311 g/mol.